The van der Waals surface area contributed by atoms with Gasteiger partial charge in [-0.15, -0.1) is 0 Å². The highest BCUT2D eigenvalue weighted by Gasteiger charge is 2.30. The third kappa shape index (κ3) is 3.58. The van der Waals surface area contributed by atoms with Gasteiger partial charge in [-0.1, -0.05) is 29.8 Å². The van der Waals surface area contributed by atoms with Crippen molar-refractivity contribution in [3.8, 4) is 0 Å². The van der Waals surface area contributed by atoms with E-state index in [1.807, 2.05) is 0 Å². The van der Waals surface area contributed by atoms with Crippen LogP contribution in [0.15, 0.2) is 21.1 Å². The maximum atomic E-state index is 12.3. The Kier molecular flexibility index (Phi) is 4.93. The fraction of sp³-hybridized carbons (Fsp3) is 0.429. The van der Waals surface area contributed by atoms with Crippen molar-refractivity contribution in [3.63, 3.8) is 0 Å². The second kappa shape index (κ2) is 6.36. The predicted molar refractivity (Wildman–Crippen MR) is 87.7 cm³/mol. The summed E-state index contributed by atoms with van der Waals surface area (Å²) in [6.07, 6.45) is 0. The average Bonchev–Trinajstić information content (AvgIpc) is 2.72. The first kappa shape index (κ1) is 16.3. The average molecular weight is 420 g/mol. The Morgan fingerprint density at radius 3 is 2.33 bits per heavy atom. The van der Waals surface area contributed by atoms with Crippen molar-refractivity contribution >= 4 is 49.5 Å². The van der Waals surface area contributed by atoms with Crippen molar-refractivity contribution in [2.45, 2.75) is 13.8 Å². The van der Waals surface area contributed by atoms with E-state index in [4.69, 9.17) is 0 Å². The number of halogens is 2. The minimum atomic E-state index is -1.09. The topological polar surface area (TPSA) is 69.6 Å². The Morgan fingerprint density at radius 2 is 1.81 bits per heavy atom. The number of hydrogen-bond donors (Lipinski definition) is 2. The molecule has 1 aliphatic heterocycles. The van der Waals surface area contributed by atoms with Gasteiger partial charge in [0, 0.05) is 22.0 Å². The van der Waals surface area contributed by atoms with Crippen LogP contribution < -0.4 is 5.32 Å². The molecule has 2 amide bonds. The van der Waals surface area contributed by atoms with Crippen LogP contribution in [0.25, 0.3) is 0 Å². The number of hydrogen-bond acceptors (Lipinski definition) is 2. The van der Waals surface area contributed by atoms with Crippen LogP contribution in [0.4, 0.5) is 10.5 Å². The molecule has 0 spiro atoms. The molecule has 1 aliphatic rings. The lowest BCUT2D eigenvalue weighted by Gasteiger charge is -2.19. The minimum Gasteiger partial charge on any atom is -0.478 e. The predicted octanol–water partition coefficient (Wildman–Crippen LogP) is 4.03. The van der Waals surface area contributed by atoms with E-state index in [9.17, 15) is 14.7 Å². The van der Waals surface area contributed by atoms with Crippen LogP contribution in [0.5, 0.6) is 0 Å². The van der Waals surface area contributed by atoms with Crippen LogP contribution in [0.2, 0.25) is 0 Å². The van der Waals surface area contributed by atoms with Crippen molar-refractivity contribution in [2.75, 3.05) is 18.4 Å². The minimum absolute atomic E-state index is 0.0462. The number of urea groups is 1. The van der Waals surface area contributed by atoms with E-state index in [1.54, 1.807) is 11.0 Å². The van der Waals surface area contributed by atoms with Crippen LogP contribution in [0.3, 0.4) is 0 Å². The number of carboxylic acids is 1. The molecule has 114 valence electrons. The number of likely N-dealkylation sites (tertiary alicyclic amines) is 1. The monoisotopic (exact) mass is 418 g/mol. The van der Waals surface area contributed by atoms with E-state index in [2.05, 4.69) is 51.0 Å². The molecule has 1 aromatic rings. The summed E-state index contributed by atoms with van der Waals surface area (Å²) in [5.41, 5.74) is 0.327. The largest absolute Gasteiger partial charge is 0.478 e. The van der Waals surface area contributed by atoms with Gasteiger partial charge in [-0.2, -0.15) is 0 Å². The molecule has 0 bridgehead atoms. The molecule has 7 heteroatoms. The fourth-order valence-electron chi connectivity index (χ4n) is 2.35. The number of carbonyl (C=O) groups is 2. The van der Waals surface area contributed by atoms with Crippen molar-refractivity contribution < 1.29 is 14.7 Å². The Morgan fingerprint density at radius 1 is 1.24 bits per heavy atom. The number of aromatic carboxylic acids is 1. The highest BCUT2D eigenvalue weighted by atomic mass is 79.9. The molecule has 2 rings (SSSR count). The van der Waals surface area contributed by atoms with Crippen LogP contribution in [-0.2, 0) is 0 Å². The molecule has 2 atom stereocenters. The first-order valence-corrected chi connectivity index (χ1v) is 8.16. The van der Waals surface area contributed by atoms with E-state index in [0.29, 0.717) is 33.9 Å². The van der Waals surface area contributed by atoms with Gasteiger partial charge in [0.2, 0.25) is 0 Å². The third-order valence-electron chi connectivity index (χ3n) is 3.79. The summed E-state index contributed by atoms with van der Waals surface area (Å²) in [7, 11) is 0. The van der Waals surface area contributed by atoms with Gasteiger partial charge in [0.05, 0.1) is 11.3 Å². The molecular weight excluding hydrogens is 404 g/mol. The molecule has 21 heavy (non-hydrogen) atoms. The Labute approximate surface area is 140 Å². The standard InChI is InChI=1S/C14H16Br2N2O3/c1-7-5-18(6-8(7)2)14(21)17-12-10(13(19)20)3-9(15)4-11(12)16/h3-4,7-8H,5-6H2,1-2H3,(H,17,21)(H,19,20). The fourth-order valence-corrected chi connectivity index (χ4v) is 3.68. The molecule has 1 aromatic carbocycles. The summed E-state index contributed by atoms with van der Waals surface area (Å²) < 4.78 is 1.16. The molecule has 0 saturated carbocycles. The molecule has 1 heterocycles. The lowest BCUT2D eigenvalue weighted by atomic mass is 10.0. The van der Waals surface area contributed by atoms with Gasteiger partial charge in [0.25, 0.3) is 0 Å². The number of nitrogens with one attached hydrogen (secondary N) is 1. The number of nitrogens with zero attached hydrogens (tertiary/aromatic N) is 1. The van der Waals surface area contributed by atoms with Crippen molar-refractivity contribution in [1.82, 2.24) is 4.90 Å². The van der Waals surface area contributed by atoms with Gasteiger partial charge in [0.15, 0.2) is 0 Å². The lowest BCUT2D eigenvalue weighted by molar-refractivity contribution is 0.0698. The van der Waals surface area contributed by atoms with Gasteiger partial charge >= 0.3 is 12.0 Å². The van der Waals surface area contributed by atoms with E-state index >= 15 is 0 Å². The molecule has 1 fully saturated rings. The van der Waals surface area contributed by atoms with Crippen LogP contribution in [-0.4, -0.2) is 35.1 Å². The first-order valence-electron chi connectivity index (χ1n) is 6.58. The van der Waals surface area contributed by atoms with Gasteiger partial charge < -0.3 is 15.3 Å². The third-order valence-corrected chi connectivity index (χ3v) is 4.88. The van der Waals surface area contributed by atoms with E-state index in [0.717, 1.165) is 0 Å². The number of carboxylic acid groups (broad SMARTS) is 1. The second-order valence-corrected chi connectivity index (χ2v) is 7.18. The maximum Gasteiger partial charge on any atom is 0.337 e. The molecule has 0 aromatic heterocycles. The normalized spacial score (nSPS) is 21.4. The molecule has 2 unspecified atom stereocenters. The van der Waals surface area contributed by atoms with Crippen molar-refractivity contribution in [2.24, 2.45) is 11.8 Å². The number of rotatable bonds is 2. The smallest absolute Gasteiger partial charge is 0.337 e. The summed E-state index contributed by atoms with van der Waals surface area (Å²) in [4.78, 5) is 25.4. The van der Waals surface area contributed by atoms with Crippen molar-refractivity contribution in [1.29, 1.82) is 0 Å². The second-order valence-electron chi connectivity index (χ2n) is 5.41. The number of benzene rings is 1. The maximum absolute atomic E-state index is 12.3. The number of carbonyl (C=O) groups excluding carboxylic acids is 1. The summed E-state index contributed by atoms with van der Waals surface area (Å²) in [5, 5.41) is 12.0. The number of amides is 2. The molecule has 0 radical (unpaired) electrons. The van der Waals surface area contributed by atoms with E-state index < -0.39 is 5.97 Å². The Balaban J connectivity index is 2.23. The zero-order valence-electron chi connectivity index (χ0n) is 11.7. The van der Waals surface area contributed by atoms with Gasteiger partial charge in [-0.25, -0.2) is 9.59 Å². The molecule has 2 N–H and O–H groups in total. The number of anilines is 1. The van der Waals surface area contributed by atoms with E-state index in [1.165, 1.54) is 6.07 Å². The highest BCUT2D eigenvalue weighted by molar-refractivity contribution is 9.11. The summed E-state index contributed by atoms with van der Waals surface area (Å²) in [6, 6.07) is 2.91. The van der Waals surface area contributed by atoms with Crippen molar-refractivity contribution in [3.05, 3.63) is 26.6 Å². The quantitative estimate of drug-likeness (QED) is 0.760. The first-order chi connectivity index (χ1) is 9.79. The summed E-state index contributed by atoms with van der Waals surface area (Å²) in [5.74, 6) is -0.193. The van der Waals surface area contributed by atoms with E-state index in [-0.39, 0.29) is 17.3 Å². The van der Waals surface area contributed by atoms with Crippen LogP contribution in [0, 0.1) is 11.8 Å². The zero-order chi connectivity index (χ0) is 15.7. The van der Waals surface area contributed by atoms with Gasteiger partial charge in [-0.3, -0.25) is 0 Å². The summed E-state index contributed by atoms with van der Waals surface area (Å²) in [6.45, 7) is 5.58. The Hall–Kier alpha value is -1.08. The summed E-state index contributed by atoms with van der Waals surface area (Å²) >= 11 is 6.55. The zero-order valence-corrected chi connectivity index (χ0v) is 14.9. The lowest BCUT2D eigenvalue weighted by Crippen LogP contribution is -2.33. The molecule has 0 aliphatic carbocycles. The van der Waals surface area contributed by atoms with Crippen LogP contribution >= 0.6 is 31.9 Å². The molecule has 5 nitrogen and oxygen atoms in total. The van der Waals surface area contributed by atoms with Crippen LogP contribution in [0.1, 0.15) is 24.2 Å². The van der Waals surface area contributed by atoms with Gasteiger partial charge in [-0.05, 0) is 39.9 Å². The van der Waals surface area contributed by atoms with Gasteiger partial charge in [0.1, 0.15) is 0 Å². The highest BCUT2D eigenvalue weighted by Crippen LogP contribution is 2.32. The molecule has 1 saturated heterocycles. The Bertz CT molecular complexity index is 582. The SMILES string of the molecule is CC1CN(C(=O)Nc2c(Br)cc(Br)cc2C(=O)O)CC1C. The molecular formula is C14H16Br2N2O3.